The zero-order valence-corrected chi connectivity index (χ0v) is 12.8. The summed E-state index contributed by atoms with van der Waals surface area (Å²) in [7, 11) is 1.62. The molecule has 0 aliphatic carbocycles. The summed E-state index contributed by atoms with van der Waals surface area (Å²) in [5, 5.41) is 0. The lowest BCUT2D eigenvalue weighted by Crippen LogP contribution is -2.43. The summed E-state index contributed by atoms with van der Waals surface area (Å²) in [6, 6.07) is 6.37. The van der Waals surface area contributed by atoms with E-state index < -0.39 is 0 Å². The minimum Gasteiger partial charge on any atom is -0.495 e. The molecule has 1 aliphatic rings. The predicted octanol–water partition coefficient (Wildman–Crippen LogP) is 1.41. The first-order chi connectivity index (χ1) is 10.0. The highest BCUT2D eigenvalue weighted by Gasteiger charge is 2.25. The van der Waals surface area contributed by atoms with Gasteiger partial charge in [0, 0.05) is 12.0 Å². The number of hydrogen-bond acceptors (Lipinski definition) is 4. The second-order valence-electron chi connectivity index (χ2n) is 5.84. The molecular formula is C16H25N3O2. The number of carbonyl (C=O) groups is 1. The molecule has 116 valence electrons. The van der Waals surface area contributed by atoms with E-state index in [1.54, 1.807) is 7.11 Å². The average Bonchev–Trinajstić information content (AvgIpc) is 2.47. The van der Waals surface area contributed by atoms with Crippen LogP contribution >= 0.6 is 0 Å². The minimum atomic E-state index is -0.162. The fourth-order valence-corrected chi connectivity index (χ4v) is 3.01. The molecule has 1 aromatic rings. The Morgan fingerprint density at radius 2 is 2.10 bits per heavy atom. The van der Waals surface area contributed by atoms with Crippen molar-refractivity contribution in [1.82, 2.24) is 4.90 Å². The van der Waals surface area contributed by atoms with Crippen molar-refractivity contribution in [2.75, 3.05) is 25.9 Å². The first kappa shape index (κ1) is 15.6. The summed E-state index contributed by atoms with van der Waals surface area (Å²) in [4.78, 5) is 13.6. The number of amides is 1. The summed E-state index contributed by atoms with van der Waals surface area (Å²) >= 11 is 0. The molecular weight excluding hydrogens is 266 g/mol. The number of nitrogens with two attached hydrogens (primary N) is 2. The first-order valence-electron chi connectivity index (χ1n) is 7.47. The molecule has 1 aliphatic heterocycles. The number of anilines is 1. The van der Waals surface area contributed by atoms with Crippen molar-refractivity contribution < 1.29 is 9.53 Å². The lowest BCUT2D eigenvalue weighted by atomic mass is 9.94. The topological polar surface area (TPSA) is 81.6 Å². The van der Waals surface area contributed by atoms with Gasteiger partial charge in [-0.15, -0.1) is 0 Å². The van der Waals surface area contributed by atoms with E-state index in [0.29, 0.717) is 17.5 Å². The zero-order chi connectivity index (χ0) is 15.4. The van der Waals surface area contributed by atoms with Gasteiger partial charge in [0.15, 0.2) is 0 Å². The van der Waals surface area contributed by atoms with Crippen LogP contribution in [0.2, 0.25) is 0 Å². The highest BCUT2D eigenvalue weighted by Crippen LogP contribution is 2.24. The summed E-state index contributed by atoms with van der Waals surface area (Å²) in [5.74, 6) is 0.601. The van der Waals surface area contributed by atoms with E-state index in [9.17, 15) is 4.79 Å². The number of piperidine rings is 1. The number of likely N-dealkylation sites (tertiary alicyclic amines) is 1. The Morgan fingerprint density at radius 3 is 2.62 bits per heavy atom. The summed E-state index contributed by atoms with van der Waals surface area (Å²) in [6.07, 6.45) is 2.67. The van der Waals surface area contributed by atoms with Crippen LogP contribution in [0, 0.1) is 5.92 Å². The van der Waals surface area contributed by atoms with Gasteiger partial charge < -0.3 is 21.1 Å². The van der Waals surface area contributed by atoms with Gasteiger partial charge in [0.25, 0.3) is 0 Å². The summed E-state index contributed by atoms with van der Waals surface area (Å²) in [6.45, 7) is 4.08. The van der Waals surface area contributed by atoms with Crippen molar-refractivity contribution >= 4 is 11.6 Å². The Hall–Kier alpha value is -1.75. The van der Waals surface area contributed by atoms with Crippen LogP contribution in [0.1, 0.15) is 25.3 Å². The molecule has 4 N–H and O–H groups in total. The molecule has 5 nitrogen and oxygen atoms in total. The van der Waals surface area contributed by atoms with Crippen molar-refractivity contribution in [2.45, 2.75) is 32.2 Å². The molecule has 1 atom stereocenters. The maximum absolute atomic E-state index is 11.2. The maximum Gasteiger partial charge on any atom is 0.220 e. The fourth-order valence-electron chi connectivity index (χ4n) is 3.01. The minimum absolute atomic E-state index is 0.0464. The van der Waals surface area contributed by atoms with Crippen molar-refractivity contribution in [3.8, 4) is 5.75 Å². The van der Waals surface area contributed by atoms with Gasteiger partial charge in [0.2, 0.25) is 5.91 Å². The monoisotopic (exact) mass is 291 g/mol. The number of primary amides is 1. The van der Waals surface area contributed by atoms with Crippen LogP contribution in [0.4, 0.5) is 5.69 Å². The third-order valence-electron chi connectivity index (χ3n) is 4.38. The molecule has 0 spiro atoms. The number of benzene rings is 1. The number of carbonyl (C=O) groups excluding carboxylic acids is 1. The van der Waals surface area contributed by atoms with Crippen LogP contribution in [-0.4, -0.2) is 37.0 Å². The second-order valence-corrected chi connectivity index (χ2v) is 5.84. The van der Waals surface area contributed by atoms with Gasteiger partial charge >= 0.3 is 0 Å². The highest BCUT2D eigenvalue weighted by molar-refractivity contribution is 5.76. The number of methoxy groups -OCH3 is 1. The molecule has 1 unspecified atom stereocenters. The molecule has 1 heterocycles. The molecule has 0 saturated carbocycles. The van der Waals surface area contributed by atoms with E-state index in [4.69, 9.17) is 16.2 Å². The molecule has 0 radical (unpaired) electrons. The third-order valence-corrected chi connectivity index (χ3v) is 4.38. The Labute approximate surface area is 126 Å². The van der Waals surface area contributed by atoms with E-state index >= 15 is 0 Å². The SMILES string of the molecule is COc1ccc(CC(C)N2CCC(C(N)=O)CC2)cc1N. The standard InChI is InChI=1S/C16H25N3O2/c1-11(19-7-5-13(6-8-19)16(18)20)9-12-3-4-15(21-2)14(17)10-12/h3-4,10-11,13H,5-9,17H2,1-2H3,(H2,18,20). The Morgan fingerprint density at radius 1 is 1.43 bits per heavy atom. The van der Waals surface area contributed by atoms with Crippen LogP contribution in [0.5, 0.6) is 5.75 Å². The lowest BCUT2D eigenvalue weighted by molar-refractivity contribution is -0.123. The fraction of sp³-hybridized carbons (Fsp3) is 0.562. The first-order valence-corrected chi connectivity index (χ1v) is 7.47. The van der Waals surface area contributed by atoms with Crippen molar-refractivity contribution in [2.24, 2.45) is 11.7 Å². The molecule has 21 heavy (non-hydrogen) atoms. The van der Waals surface area contributed by atoms with Crippen LogP contribution in [0.25, 0.3) is 0 Å². The molecule has 1 amide bonds. The van der Waals surface area contributed by atoms with Gasteiger partial charge in [0.05, 0.1) is 12.8 Å². The lowest BCUT2D eigenvalue weighted by Gasteiger charge is -2.35. The molecule has 0 aromatic heterocycles. The smallest absolute Gasteiger partial charge is 0.220 e. The third kappa shape index (κ3) is 3.88. The largest absolute Gasteiger partial charge is 0.495 e. The molecule has 1 fully saturated rings. The van der Waals surface area contributed by atoms with Crippen molar-refractivity contribution in [3.63, 3.8) is 0 Å². The molecule has 2 rings (SSSR count). The van der Waals surface area contributed by atoms with Crippen LogP contribution < -0.4 is 16.2 Å². The normalized spacial score (nSPS) is 18.4. The zero-order valence-electron chi connectivity index (χ0n) is 12.8. The van der Waals surface area contributed by atoms with Crippen LogP contribution in [-0.2, 0) is 11.2 Å². The second kappa shape index (κ2) is 6.80. The maximum atomic E-state index is 11.2. The van der Waals surface area contributed by atoms with Crippen molar-refractivity contribution in [1.29, 1.82) is 0 Å². The number of hydrogen-bond donors (Lipinski definition) is 2. The number of ether oxygens (including phenoxy) is 1. The van der Waals surface area contributed by atoms with E-state index in [0.717, 1.165) is 32.4 Å². The number of nitrogens with zero attached hydrogens (tertiary/aromatic N) is 1. The predicted molar refractivity (Wildman–Crippen MR) is 84.1 cm³/mol. The Balaban J connectivity index is 1.91. The number of nitrogen functional groups attached to an aromatic ring is 1. The van der Waals surface area contributed by atoms with Gasteiger partial charge in [-0.25, -0.2) is 0 Å². The number of rotatable bonds is 5. The summed E-state index contributed by atoms with van der Waals surface area (Å²) < 4.78 is 5.18. The highest BCUT2D eigenvalue weighted by atomic mass is 16.5. The van der Waals surface area contributed by atoms with E-state index in [1.807, 2.05) is 12.1 Å². The molecule has 1 aromatic carbocycles. The van der Waals surface area contributed by atoms with Gasteiger partial charge in [-0.05, 0) is 57.0 Å². The van der Waals surface area contributed by atoms with Crippen molar-refractivity contribution in [3.05, 3.63) is 23.8 Å². The Kier molecular flexibility index (Phi) is 5.07. The molecule has 0 bridgehead atoms. The van der Waals surface area contributed by atoms with Gasteiger partial charge in [-0.3, -0.25) is 4.79 Å². The summed E-state index contributed by atoms with van der Waals surface area (Å²) in [5.41, 5.74) is 13.2. The average molecular weight is 291 g/mol. The quantitative estimate of drug-likeness (QED) is 0.804. The van der Waals surface area contributed by atoms with Gasteiger partial charge in [-0.1, -0.05) is 6.07 Å². The van der Waals surface area contributed by atoms with E-state index in [2.05, 4.69) is 17.9 Å². The van der Waals surface area contributed by atoms with Crippen LogP contribution in [0.3, 0.4) is 0 Å². The van der Waals surface area contributed by atoms with E-state index in [1.165, 1.54) is 5.56 Å². The van der Waals surface area contributed by atoms with Crippen LogP contribution in [0.15, 0.2) is 18.2 Å². The Bertz CT molecular complexity index is 496. The van der Waals surface area contributed by atoms with Gasteiger partial charge in [0.1, 0.15) is 5.75 Å². The van der Waals surface area contributed by atoms with Gasteiger partial charge in [-0.2, -0.15) is 0 Å². The molecule has 5 heteroatoms. The molecule has 1 saturated heterocycles. The van der Waals surface area contributed by atoms with E-state index in [-0.39, 0.29) is 11.8 Å².